The van der Waals surface area contributed by atoms with Gasteiger partial charge in [0.25, 0.3) is 0 Å². The average molecular weight is 346 g/mol. The normalized spacial score (nSPS) is 21.0. The van der Waals surface area contributed by atoms with E-state index in [-0.39, 0.29) is 15.6 Å². The summed E-state index contributed by atoms with van der Waals surface area (Å²) in [6, 6.07) is -1.22. The highest BCUT2D eigenvalue weighted by Gasteiger charge is 2.57. The third kappa shape index (κ3) is 4.60. The molecular weight excluding hydrogens is 320 g/mol. The maximum absolute atomic E-state index is 12.4. The van der Waals surface area contributed by atoms with Crippen LogP contribution >= 0.6 is 11.8 Å². The van der Waals surface area contributed by atoms with Gasteiger partial charge in [-0.3, -0.25) is 9.59 Å². The third-order valence-electron chi connectivity index (χ3n) is 3.69. The molecule has 4 N–H and O–H groups in total. The van der Waals surface area contributed by atoms with Crippen LogP contribution in [0, 0.1) is 0 Å². The summed E-state index contributed by atoms with van der Waals surface area (Å²) in [5.74, 6) is -2.45. The van der Waals surface area contributed by atoms with Crippen LogP contribution in [-0.2, 0) is 19.1 Å². The van der Waals surface area contributed by atoms with Crippen molar-refractivity contribution in [2.24, 2.45) is 5.73 Å². The molecule has 1 rings (SSSR count). The highest BCUT2D eigenvalue weighted by Crippen LogP contribution is 2.56. The van der Waals surface area contributed by atoms with Crippen molar-refractivity contribution in [1.29, 1.82) is 0 Å². The van der Waals surface area contributed by atoms with E-state index < -0.39 is 35.8 Å². The number of aliphatic carboxylic acids is 1. The predicted octanol–water partition coefficient (Wildman–Crippen LogP) is 0.899. The molecule has 0 aromatic heterocycles. The number of nitrogens with one attached hydrogen (secondary N) is 1. The summed E-state index contributed by atoms with van der Waals surface area (Å²) in [5, 5.41) is 11.1. The van der Waals surface area contributed by atoms with Crippen LogP contribution in [0.15, 0.2) is 0 Å². The maximum Gasteiger partial charge on any atom is 0.331 e. The molecule has 1 saturated heterocycles. The van der Waals surface area contributed by atoms with Crippen molar-refractivity contribution in [1.82, 2.24) is 5.32 Å². The summed E-state index contributed by atoms with van der Waals surface area (Å²) >= 11 is 1.72. The number of carboxylic acids is 1. The van der Waals surface area contributed by atoms with Crippen LogP contribution in [0.4, 0.5) is 0 Å². The zero-order valence-corrected chi connectivity index (χ0v) is 15.2. The van der Waals surface area contributed by atoms with E-state index in [9.17, 15) is 14.4 Å². The van der Waals surface area contributed by atoms with Crippen LogP contribution in [0.5, 0.6) is 0 Å². The van der Waals surface area contributed by atoms with Crippen LogP contribution in [0.1, 0.15) is 48.0 Å². The number of ether oxygens (including phenoxy) is 1. The summed E-state index contributed by atoms with van der Waals surface area (Å²) in [7, 11) is 0. The van der Waals surface area contributed by atoms with Crippen LogP contribution < -0.4 is 11.1 Å². The monoisotopic (exact) mass is 346 g/mol. The van der Waals surface area contributed by atoms with Gasteiger partial charge in [-0.05, 0) is 41.5 Å². The molecule has 132 valence electrons. The minimum atomic E-state index is -1.29. The van der Waals surface area contributed by atoms with Crippen molar-refractivity contribution in [3.8, 4) is 0 Å². The van der Waals surface area contributed by atoms with Gasteiger partial charge < -0.3 is 20.9 Å². The van der Waals surface area contributed by atoms with Crippen molar-refractivity contribution in [3.63, 3.8) is 0 Å². The fourth-order valence-electron chi connectivity index (χ4n) is 2.83. The van der Waals surface area contributed by atoms with Crippen molar-refractivity contribution in [3.05, 3.63) is 0 Å². The van der Waals surface area contributed by atoms with E-state index in [0.29, 0.717) is 0 Å². The SMILES string of the molecule is CC(C)(NC(=O)[C@@H](N)CC(=O)O)C(=O)OC1C(C)(C)SC1(C)C. The van der Waals surface area contributed by atoms with E-state index in [1.165, 1.54) is 13.8 Å². The second-order valence-corrected chi connectivity index (χ2v) is 9.72. The predicted molar refractivity (Wildman–Crippen MR) is 88.1 cm³/mol. The van der Waals surface area contributed by atoms with Crippen molar-refractivity contribution in [2.45, 2.75) is 75.1 Å². The number of carbonyl (C=O) groups is 3. The molecule has 0 aromatic carbocycles. The molecule has 8 heteroatoms. The minimum Gasteiger partial charge on any atom is -0.481 e. The van der Waals surface area contributed by atoms with Gasteiger partial charge in [-0.1, -0.05) is 0 Å². The van der Waals surface area contributed by atoms with Gasteiger partial charge in [0.2, 0.25) is 5.91 Å². The van der Waals surface area contributed by atoms with E-state index in [4.69, 9.17) is 15.6 Å². The van der Waals surface area contributed by atoms with Crippen LogP contribution in [0.25, 0.3) is 0 Å². The zero-order chi connectivity index (χ0) is 18.2. The number of rotatable bonds is 6. The number of nitrogens with two attached hydrogens (primary N) is 1. The quantitative estimate of drug-likeness (QED) is 0.611. The fourth-order valence-corrected chi connectivity index (χ4v) is 4.90. The average Bonchev–Trinajstić information content (AvgIpc) is 2.32. The van der Waals surface area contributed by atoms with E-state index in [0.717, 1.165) is 0 Å². The topological polar surface area (TPSA) is 119 Å². The standard InChI is InChI=1S/C15H26N2O5S/c1-13(2,17-10(20)8(16)7-9(18)19)12(21)22-11-14(3,4)23-15(11,5)6/h8,11H,7,16H2,1-6H3,(H,17,20)(H,18,19)/t8-/m0/s1. The molecule has 1 amide bonds. The lowest BCUT2D eigenvalue weighted by atomic mass is 9.91. The van der Waals surface area contributed by atoms with E-state index in [1.54, 1.807) is 11.8 Å². The Kier molecular flexibility index (Phi) is 5.43. The fraction of sp³-hybridized carbons (Fsp3) is 0.800. The Morgan fingerprint density at radius 1 is 1.26 bits per heavy atom. The van der Waals surface area contributed by atoms with E-state index in [1.807, 2.05) is 27.7 Å². The number of carboxylic acid groups (broad SMARTS) is 1. The molecule has 0 aliphatic carbocycles. The van der Waals surface area contributed by atoms with Gasteiger partial charge in [-0.15, -0.1) is 11.8 Å². The van der Waals surface area contributed by atoms with Gasteiger partial charge in [0.15, 0.2) is 0 Å². The molecule has 1 heterocycles. The first-order valence-corrected chi connectivity index (χ1v) is 8.21. The Labute approximate surface area is 140 Å². The molecule has 1 aliphatic heterocycles. The number of carbonyl (C=O) groups excluding carboxylic acids is 2. The molecule has 23 heavy (non-hydrogen) atoms. The Bertz CT molecular complexity index is 502. The molecule has 7 nitrogen and oxygen atoms in total. The maximum atomic E-state index is 12.4. The highest BCUT2D eigenvalue weighted by atomic mass is 32.2. The third-order valence-corrected chi connectivity index (χ3v) is 5.17. The first-order chi connectivity index (χ1) is 10.2. The summed E-state index contributed by atoms with van der Waals surface area (Å²) < 4.78 is 5.22. The van der Waals surface area contributed by atoms with Crippen molar-refractivity contribution in [2.75, 3.05) is 0 Å². The first-order valence-electron chi connectivity index (χ1n) is 7.40. The Morgan fingerprint density at radius 3 is 2.13 bits per heavy atom. The van der Waals surface area contributed by atoms with E-state index in [2.05, 4.69) is 5.32 Å². The van der Waals surface area contributed by atoms with Crippen molar-refractivity contribution < 1.29 is 24.2 Å². The van der Waals surface area contributed by atoms with Gasteiger partial charge in [0.05, 0.1) is 12.5 Å². The first kappa shape index (κ1) is 19.8. The summed E-state index contributed by atoms with van der Waals surface area (Å²) in [4.78, 5) is 34.9. The molecule has 1 aliphatic rings. The van der Waals surface area contributed by atoms with Gasteiger partial charge in [0.1, 0.15) is 11.6 Å². The molecular formula is C15H26N2O5S. The Hall–Kier alpha value is -1.28. The summed E-state index contributed by atoms with van der Waals surface area (Å²) in [5.41, 5.74) is 4.21. The number of esters is 1. The lowest BCUT2D eigenvalue weighted by molar-refractivity contribution is -0.161. The second kappa shape index (κ2) is 6.32. The number of thioether (sulfide) groups is 1. The molecule has 0 unspecified atom stereocenters. The molecule has 0 bridgehead atoms. The highest BCUT2D eigenvalue weighted by molar-refractivity contribution is 8.03. The lowest BCUT2D eigenvalue weighted by Gasteiger charge is -2.55. The molecule has 1 atom stereocenters. The largest absolute Gasteiger partial charge is 0.481 e. The van der Waals surface area contributed by atoms with Crippen LogP contribution in [-0.4, -0.2) is 50.1 Å². The smallest absolute Gasteiger partial charge is 0.331 e. The van der Waals surface area contributed by atoms with Gasteiger partial charge in [0, 0.05) is 9.49 Å². The zero-order valence-electron chi connectivity index (χ0n) is 14.4. The number of hydrogen-bond donors (Lipinski definition) is 3. The molecule has 0 saturated carbocycles. The summed E-state index contributed by atoms with van der Waals surface area (Å²) in [6.07, 6.45) is -0.785. The molecule has 0 aromatic rings. The van der Waals surface area contributed by atoms with Gasteiger partial charge >= 0.3 is 11.9 Å². The minimum absolute atomic E-state index is 0.195. The lowest BCUT2D eigenvalue weighted by Crippen LogP contribution is -2.64. The van der Waals surface area contributed by atoms with Gasteiger partial charge in [-0.25, -0.2) is 4.79 Å². The molecule has 0 spiro atoms. The van der Waals surface area contributed by atoms with Crippen LogP contribution in [0.3, 0.4) is 0 Å². The molecule has 1 fully saturated rings. The summed E-state index contributed by atoms with van der Waals surface area (Å²) in [6.45, 7) is 11.0. The second-order valence-electron chi connectivity index (χ2n) is 7.41. The Balaban J connectivity index is 2.70. The number of amides is 1. The van der Waals surface area contributed by atoms with Gasteiger partial charge in [-0.2, -0.15) is 0 Å². The van der Waals surface area contributed by atoms with Crippen LogP contribution in [0.2, 0.25) is 0 Å². The van der Waals surface area contributed by atoms with Crippen molar-refractivity contribution >= 4 is 29.6 Å². The number of hydrogen-bond acceptors (Lipinski definition) is 6. The molecule has 0 radical (unpaired) electrons. The van der Waals surface area contributed by atoms with E-state index >= 15 is 0 Å². The Morgan fingerprint density at radius 2 is 1.74 bits per heavy atom.